The third-order valence-corrected chi connectivity index (χ3v) is 4.10. The standard InChI is InChI=1S/C17H22N4O3/c1-21-14(7-9-19-21)6-8-18-17(22)20-13-10-12-4-3-5-15(23-2)16(12)24-11-13/h3-5,7,9,13H,6,8,10-11H2,1-2H3,(H2,18,20,22). The van der Waals surface area contributed by atoms with E-state index in [-0.39, 0.29) is 12.1 Å². The van der Waals surface area contributed by atoms with Crippen molar-refractivity contribution in [3.8, 4) is 11.5 Å². The predicted molar refractivity (Wildman–Crippen MR) is 89.4 cm³/mol. The molecule has 0 spiro atoms. The summed E-state index contributed by atoms with van der Waals surface area (Å²) in [6, 6.07) is 7.50. The van der Waals surface area contributed by atoms with Crippen molar-refractivity contribution < 1.29 is 14.3 Å². The minimum Gasteiger partial charge on any atom is -0.493 e. The molecule has 128 valence electrons. The molecule has 7 nitrogen and oxygen atoms in total. The van der Waals surface area contributed by atoms with Crippen LogP contribution in [-0.2, 0) is 19.9 Å². The molecule has 1 aromatic heterocycles. The Morgan fingerprint density at radius 2 is 2.33 bits per heavy atom. The van der Waals surface area contributed by atoms with Gasteiger partial charge in [0.25, 0.3) is 0 Å². The number of hydrogen-bond donors (Lipinski definition) is 2. The molecule has 0 aliphatic carbocycles. The van der Waals surface area contributed by atoms with Gasteiger partial charge in [0.05, 0.1) is 13.2 Å². The zero-order chi connectivity index (χ0) is 16.9. The second-order valence-corrected chi connectivity index (χ2v) is 5.76. The van der Waals surface area contributed by atoms with Gasteiger partial charge in [0.2, 0.25) is 0 Å². The molecule has 7 heteroatoms. The highest BCUT2D eigenvalue weighted by Gasteiger charge is 2.23. The smallest absolute Gasteiger partial charge is 0.315 e. The van der Waals surface area contributed by atoms with Crippen molar-refractivity contribution in [2.24, 2.45) is 7.05 Å². The van der Waals surface area contributed by atoms with Gasteiger partial charge in [-0.3, -0.25) is 4.68 Å². The summed E-state index contributed by atoms with van der Waals surface area (Å²) < 4.78 is 12.9. The zero-order valence-corrected chi connectivity index (χ0v) is 13.9. The number of aryl methyl sites for hydroxylation is 1. The maximum Gasteiger partial charge on any atom is 0.315 e. The Hall–Kier alpha value is -2.70. The van der Waals surface area contributed by atoms with Crippen LogP contribution in [0.15, 0.2) is 30.5 Å². The molecule has 1 atom stereocenters. The number of urea groups is 1. The lowest BCUT2D eigenvalue weighted by Gasteiger charge is -2.27. The van der Waals surface area contributed by atoms with Gasteiger partial charge in [-0.2, -0.15) is 5.10 Å². The summed E-state index contributed by atoms with van der Waals surface area (Å²) in [6.07, 6.45) is 3.22. The number of amides is 2. The van der Waals surface area contributed by atoms with Gasteiger partial charge in [-0.15, -0.1) is 0 Å². The third kappa shape index (κ3) is 3.61. The molecule has 3 rings (SSSR count). The number of rotatable bonds is 5. The minimum atomic E-state index is -0.183. The summed E-state index contributed by atoms with van der Waals surface area (Å²) in [5.74, 6) is 1.50. The first-order valence-electron chi connectivity index (χ1n) is 7.97. The fraction of sp³-hybridized carbons (Fsp3) is 0.412. The highest BCUT2D eigenvalue weighted by Crippen LogP contribution is 2.34. The molecule has 24 heavy (non-hydrogen) atoms. The highest BCUT2D eigenvalue weighted by molar-refractivity contribution is 5.74. The summed E-state index contributed by atoms with van der Waals surface area (Å²) in [4.78, 5) is 12.0. The van der Waals surface area contributed by atoms with Gasteiger partial charge in [0.1, 0.15) is 6.61 Å². The van der Waals surface area contributed by atoms with E-state index in [1.54, 1.807) is 18.0 Å². The Balaban J connectivity index is 1.48. The van der Waals surface area contributed by atoms with Crippen molar-refractivity contribution in [1.82, 2.24) is 20.4 Å². The molecule has 1 aliphatic heterocycles. The van der Waals surface area contributed by atoms with Crippen molar-refractivity contribution in [3.05, 3.63) is 41.7 Å². The number of carbonyl (C=O) groups excluding carboxylic acids is 1. The number of nitrogens with zero attached hydrogens (tertiary/aromatic N) is 2. The van der Waals surface area contributed by atoms with Crippen molar-refractivity contribution in [1.29, 1.82) is 0 Å². The molecule has 2 aromatic rings. The number of methoxy groups -OCH3 is 1. The Labute approximate surface area is 140 Å². The summed E-state index contributed by atoms with van der Waals surface area (Å²) in [7, 11) is 3.51. The first-order chi connectivity index (χ1) is 11.7. The molecule has 2 amide bonds. The molecule has 1 aromatic carbocycles. The van der Waals surface area contributed by atoms with Crippen molar-refractivity contribution in [2.45, 2.75) is 18.9 Å². The topological polar surface area (TPSA) is 77.4 Å². The number of hydrogen-bond acceptors (Lipinski definition) is 4. The second-order valence-electron chi connectivity index (χ2n) is 5.76. The maximum atomic E-state index is 12.0. The van der Waals surface area contributed by atoms with Crippen LogP contribution >= 0.6 is 0 Å². The van der Waals surface area contributed by atoms with E-state index in [0.717, 1.165) is 35.6 Å². The summed E-state index contributed by atoms with van der Waals surface area (Å²) >= 11 is 0. The monoisotopic (exact) mass is 330 g/mol. The van der Waals surface area contributed by atoms with Crippen LogP contribution in [0.4, 0.5) is 4.79 Å². The third-order valence-electron chi connectivity index (χ3n) is 4.10. The van der Waals surface area contributed by atoms with Crippen molar-refractivity contribution in [2.75, 3.05) is 20.3 Å². The average molecular weight is 330 g/mol. The van der Waals surface area contributed by atoms with Gasteiger partial charge < -0.3 is 20.1 Å². The number of aromatic nitrogens is 2. The number of ether oxygens (including phenoxy) is 2. The normalized spacial score (nSPS) is 16.0. The van der Waals surface area contributed by atoms with Gasteiger partial charge in [-0.25, -0.2) is 4.79 Å². The van der Waals surface area contributed by atoms with E-state index in [1.807, 2.05) is 31.3 Å². The molecular formula is C17H22N4O3. The van der Waals surface area contributed by atoms with Crippen LogP contribution in [0.1, 0.15) is 11.3 Å². The molecule has 0 fully saturated rings. The Bertz CT molecular complexity index is 714. The number of carbonyl (C=O) groups is 1. The number of nitrogens with one attached hydrogen (secondary N) is 2. The van der Waals surface area contributed by atoms with Gasteiger partial charge in [-0.05, 0) is 18.6 Å². The average Bonchev–Trinajstić information content (AvgIpc) is 2.99. The minimum absolute atomic E-state index is 0.0543. The van der Waals surface area contributed by atoms with E-state index in [0.29, 0.717) is 13.2 Å². The number of para-hydroxylation sites is 1. The van der Waals surface area contributed by atoms with E-state index < -0.39 is 0 Å². The second kappa shape index (κ2) is 7.25. The van der Waals surface area contributed by atoms with Crippen molar-refractivity contribution in [3.63, 3.8) is 0 Å². The van der Waals surface area contributed by atoms with E-state index in [4.69, 9.17) is 9.47 Å². The van der Waals surface area contributed by atoms with Crippen molar-refractivity contribution >= 4 is 6.03 Å². The molecule has 0 radical (unpaired) electrons. The molecular weight excluding hydrogens is 308 g/mol. The molecule has 0 bridgehead atoms. The predicted octanol–water partition coefficient (Wildman–Crippen LogP) is 1.27. The van der Waals surface area contributed by atoms with Crippen LogP contribution in [0.5, 0.6) is 11.5 Å². The lowest BCUT2D eigenvalue weighted by molar-refractivity contribution is 0.210. The van der Waals surface area contributed by atoms with Gasteiger partial charge in [0.15, 0.2) is 11.5 Å². The van der Waals surface area contributed by atoms with Gasteiger partial charge in [0, 0.05) is 37.5 Å². The molecule has 2 heterocycles. The van der Waals surface area contributed by atoms with E-state index >= 15 is 0 Å². The van der Waals surface area contributed by atoms with Crippen LogP contribution in [0.2, 0.25) is 0 Å². The van der Waals surface area contributed by atoms with Crippen LogP contribution in [-0.4, -0.2) is 42.1 Å². The first kappa shape index (κ1) is 16.2. The SMILES string of the molecule is COc1cccc2c1OCC(NC(=O)NCCc1ccnn1C)C2. The largest absolute Gasteiger partial charge is 0.493 e. The van der Waals surface area contributed by atoms with Crippen LogP contribution in [0.25, 0.3) is 0 Å². The van der Waals surface area contributed by atoms with Crippen LogP contribution in [0.3, 0.4) is 0 Å². The Kier molecular flexibility index (Phi) is 4.88. The first-order valence-corrected chi connectivity index (χ1v) is 7.97. The van der Waals surface area contributed by atoms with Crippen LogP contribution in [0, 0.1) is 0 Å². The summed E-state index contributed by atoms with van der Waals surface area (Å²) in [6.45, 7) is 0.992. The number of benzene rings is 1. The van der Waals surface area contributed by atoms with E-state index in [2.05, 4.69) is 15.7 Å². The van der Waals surface area contributed by atoms with Crippen LogP contribution < -0.4 is 20.1 Å². The number of fused-ring (bicyclic) bond motifs is 1. The summed E-state index contributed by atoms with van der Waals surface area (Å²) in [5.41, 5.74) is 2.12. The van der Waals surface area contributed by atoms with Gasteiger partial charge in [-0.1, -0.05) is 12.1 Å². The fourth-order valence-electron chi connectivity index (χ4n) is 2.83. The van der Waals surface area contributed by atoms with E-state index in [9.17, 15) is 4.79 Å². The highest BCUT2D eigenvalue weighted by atomic mass is 16.5. The molecule has 0 saturated heterocycles. The van der Waals surface area contributed by atoms with E-state index in [1.165, 1.54) is 0 Å². The molecule has 1 unspecified atom stereocenters. The maximum absolute atomic E-state index is 12.0. The quantitative estimate of drug-likeness (QED) is 0.866. The van der Waals surface area contributed by atoms with Gasteiger partial charge >= 0.3 is 6.03 Å². The molecule has 1 aliphatic rings. The molecule has 0 saturated carbocycles. The Morgan fingerprint density at radius 3 is 3.08 bits per heavy atom. The lowest BCUT2D eigenvalue weighted by atomic mass is 10.0. The molecule has 2 N–H and O–H groups in total. The zero-order valence-electron chi connectivity index (χ0n) is 13.9. The fourth-order valence-corrected chi connectivity index (χ4v) is 2.83. The Morgan fingerprint density at radius 1 is 1.46 bits per heavy atom. The lowest BCUT2D eigenvalue weighted by Crippen LogP contribution is -2.47. The summed E-state index contributed by atoms with van der Waals surface area (Å²) in [5, 5.41) is 9.93.